The van der Waals surface area contributed by atoms with Crippen LogP contribution in [0.15, 0.2) is 42.9 Å². The third-order valence-corrected chi connectivity index (χ3v) is 4.91. The fraction of sp³-hybridized carbons (Fsp3) is 0.316. The molecule has 0 bridgehead atoms. The largest absolute Gasteiger partial charge is 0.351 e. The Morgan fingerprint density at radius 2 is 1.85 bits per heavy atom. The minimum absolute atomic E-state index is 0.279. The Kier molecular flexibility index (Phi) is 4.84. The molecule has 1 aromatic carbocycles. The fourth-order valence-corrected chi connectivity index (χ4v) is 3.45. The van der Waals surface area contributed by atoms with Crippen LogP contribution in [0, 0.1) is 5.82 Å². The van der Waals surface area contributed by atoms with Crippen molar-refractivity contribution in [2.45, 2.75) is 38.1 Å². The lowest BCUT2D eigenvalue weighted by Gasteiger charge is -2.22. The molecule has 7 heteroatoms. The Hall–Kier alpha value is -2.47. The summed E-state index contributed by atoms with van der Waals surface area (Å²) in [6.45, 7) is 0. The van der Waals surface area contributed by atoms with Crippen molar-refractivity contribution in [2.75, 3.05) is 5.32 Å². The summed E-state index contributed by atoms with van der Waals surface area (Å²) < 4.78 is 14.8. The third kappa shape index (κ3) is 3.70. The summed E-state index contributed by atoms with van der Waals surface area (Å²) in [4.78, 5) is 8.90. The number of hydrogen-bond donors (Lipinski definition) is 1. The van der Waals surface area contributed by atoms with Crippen molar-refractivity contribution in [1.82, 2.24) is 19.7 Å². The van der Waals surface area contributed by atoms with Gasteiger partial charge in [-0.05, 0) is 37.1 Å². The zero-order chi connectivity index (χ0) is 17.9. The lowest BCUT2D eigenvalue weighted by molar-refractivity contribution is 0.461. The lowest BCUT2D eigenvalue weighted by Crippen LogP contribution is -2.23. The molecular formula is C19H19ClFN5. The van der Waals surface area contributed by atoms with Crippen LogP contribution in [0.1, 0.15) is 32.1 Å². The zero-order valence-corrected chi connectivity index (χ0v) is 15.0. The highest BCUT2D eigenvalue weighted by Gasteiger charge is 2.16. The van der Waals surface area contributed by atoms with Crippen LogP contribution in [-0.2, 0) is 0 Å². The molecule has 134 valence electrons. The van der Waals surface area contributed by atoms with E-state index in [2.05, 4.69) is 20.4 Å². The topological polar surface area (TPSA) is 55.6 Å². The summed E-state index contributed by atoms with van der Waals surface area (Å²) >= 11 is 6.31. The number of anilines is 1. The van der Waals surface area contributed by atoms with E-state index in [9.17, 15) is 4.39 Å². The number of hydrogen-bond acceptors (Lipinski definition) is 4. The van der Waals surface area contributed by atoms with Crippen LogP contribution >= 0.6 is 11.6 Å². The summed E-state index contributed by atoms with van der Waals surface area (Å²) in [5, 5.41) is 8.22. The highest BCUT2D eigenvalue weighted by atomic mass is 35.5. The molecule has 0 aliphatic heterocycles. The molecule has 0 saturated heterocycles. The number of nitrogens with zero attached hydrogens (tertiary/aromatic N) is 4. The first-order valence-electron chi connectivity index (χ1n) is 8.79. The molecule has 1 N–H and O–H groups in total. The van der Waals surface area contributed by atoms with Gasteiger partial charge in [-0.15, -0.1) is 0 Å². The van der Waals surface area contributed by atoms with Crippen LogP contribution in [0.3, 0.4) is 0 Å². The lowest BCUT2D eigenvalue weighted by atomic mass is 9.96. The molecule has 1 fully saturated rings. The third-order valence-electron chi connectivity index (χ3n) is 4.63. The first-order chi connectivity index (χ1) is 12.7. The van der Waals surface area contributed by atoms with Gasteiger partial charge in [0.05, 0.1) is 28.8 Å². The van der Waals surface area contributed by atoms with Gasteiger partial charge in [-0.3, -0.25) is 0 Å². The fourth-order valence-electron chi connectivity index (χ4n) is 3.25. The molecule has 3 aromatic rings. The van der Waals surface area contributed by atoms with E-state index in [1.54, 1.807) is 29.2 Å². The van der Waals surface area contributed by atoms with Crippen molar-refractivity contribution in [2.24, 2.45) is 0 Å². The van der Waals surface area contributed by atoms with E-state index in [1.165, 1.54) is 31.4 Å². The average Bonchev–Trinajstić information content (AvgIpc) is 3.15. The van der Waals surface area contributed by atoms with Gasteiger partial charge < -0.3 is 5.32 Å². The Bertz CT molecular complexity index is 887. The molecule has 1 saturated carbocycles. The van der Waals surface area contributed by atoms with E-state index in [4.69, 9.17) is 11.6 Å². The zero-order valence-electron chi connectivity index (χ0n) is 14.2. The molecule has 2 heterocycles. The highest BCUT2D eigenvalue weighted by Crippen LogP contribution is 2.27. The van der Waals surface area contributed by atoms with Crippen LogP contribution in [0.5, 0.6) is 0 Å². The maximum atomic E-state index is 13.1. The molecule has 0 spiro atoms. The first kappa shape index (κ1) is 17.0. The molecule has 26 heavy (non-hydrogen) atoms. The molecule has 2 aromatic heterocycles. The standard InChI is InChI=1S/C19H19ClFN5/c20-17-11-22-19(24-15-4-2-1-3-5-15)25-18(17)13-10-23-26(12-13)16-8-6-14(21)7-9-16/h6-12,15H,1-5H2,(H,22,24,25). The average molecular weight is 372 g/mol. The van der Waals surface area contributed by atoms with Crippen molar-refractivity contribution >= 4 is 17.5 Å². The van der Waals surface area contributed by atoms with Gasteiger partial charge in [-0.2, -0.15) is 5.10 Å². The normalized spacial score (nSPS) is 15.2. The first-order valence-corrected chi connectivity index (χ1v) is 9.17. The highest BCUT2D eigenvalue weighted by molar-refractivity contribution is 6.32. The van der Waals surface area contributed by atoms with Crippen LogP contribution in [0.4, 0.5) is 10.3 Å². The van der Waals surface area contributed by atoms with Gasteiger partial charge in [0.2, 0.25) is 5.95 Å². The second-order valence-electron chi connectivity index (χ2n) is 6.52. The quantitative estimate of drug-likeness (QED) is 0.711. The molecular weight excluding hydrogens is 353 g/mol. The summed E-state index contributed by atoms with van der Waals surface area (Å²) in [6, 6.07) is 6.56. The van der Waals surface area contributed by atoms with E-state index in [0.29, 0.717) is 22.7 Å². The van der Waals surface area contributed by atoms with E-state index in [-0.39, 0.29) is 5.82 Å². The second kappa shape index (κ2) is 7.41. The maximum absolute atomic E-state index is 13.1. The van der Waals surface area contributed by atoms with E-state index in [1.807, 2.05) is 6.20 Å². The van der Waals surface area contributed by atoms with Gasteiger partial charge in [0, 0.05) is 17.8 Å². The Morgan fingerprint density at radius 1 is 1.08 bits per heavy atom. The van der Waals surface area contributed by atoms with Gasteiger partial charge in [0.25, 0.3) is 0 Å². The Morgan fingerprint density at radius 3 is 2.62 bits per heavy atom. The van der Waals surface area contributed by atoms with Gasteiger partial charge in [0.1, 0.15) is 5.82 Å². The monoisotopic (exact) mass is 371 g/mol. The van der Waals surface area contributed by atoms with Crippen LogP contribution in [-0.4, -0.2) is 25.8 Å². The molecule has 1 aliphatic rings. The van der Waals surface area contributed by atoms with E-state index in [0.717, 1.165) is 24.1 Å². The number of nitrogens with one attached hydrogen (secondary N) is 1. The predicted molar refractivity (Wildman–Crippen MR) is 100 cm³/mol. The Labute approximate surface area is 156 Å². The molecule has 4 rings (SSSR count). The van der Waals surface area contributed by atoms with Crippen LogP contribution in [0.25, 0.3) is 16.9 Å². The molecule has 1 aliphatic carbocycles. The van der Waals surface area contributed by atoms with Crippen molar-refractivity contribution in [3.05, 3.63) is 53.7 Å². The predicted octanol–water partition coefficient (Wildman–Crippen LogP) is 4.87. The van der Waals surface area contributed by atoms with Crippen molar-refractivity contribution in [3.8, 4) is 16.9 Å². The van der Waals surface area contributed by atoms with Gasteiger partial charge in [0.15, 0.2) is 0 Å². The van der Waals surface area contributed by atoms with Crippen LogP contribution in [0.2, 0.25) is 5.02 Å². The van der Waals surface area contributed by atoms with E-state index < -0.39 is 0 Å². The minimum Gasteiger partial charge on any atom is -0.351 e. The van der Waals surface area contributed by atoms with Crippen molar-refractivity contribution in [1.29, 1.82) is 0 Å². The molecule has 5 nitrogen and oxygen atoms in total. The molecule has 0 atom stereocenters. The molecule has 0 amide bonds. The number of halogens is 2. The summed E-state index contributed by atoms with van der Waals surface area (Å²) in [7, 11) is 0. The SMILES string of the molecule is Fc1ccc(-n2cc(-c3nc(NC4CCCCC4)ncc3Cl)cn2)cc1. The number of rotatable bonds is 4. The van der Waals surface area contributed by atoms with Crippen LogP contribution < -0.4 is 5.32 Å². The molecule has 0 radical (unpaired) electrons. The summed E-state index contributed by atoms with van der Waals surface area (Å²) in [5.74, 6) is 0.309. The summed E-state index contributed by atoms with van der Waals surface area (Å²) in [5.41, 5.74) is 2.19. The van der Waals surface area contributed by atoms with Gasteiger partial charge in [-0.1, -0.05) is 30.9 Å². The minimum atomic E-state index is -0.279. The number of aromatic nitrogens is 4. The molecule has 0 unspecified atom stereocenters. The maximum Gasteiger partial charge on any atom is 0.223 e. The summed E-state index contributed by atoms with van der Waals surface area (Å²) in [6.07, 6.45) is 11.2. The Balaban J connectivity index is 1.58. The van der Waals surface area contributed by atoms with Crippen molar-refractivity contribution in [3.63, 3.8) is 0 Å². The smallest absolute Gasteiger partial charge is 0.223 e. The van der Waals surface area contributed by atoms with Gasteiger partial charge in [-0.25, -0.2) is 19.0 Å². The second-order valence-corrected chi connectivity index (χ2v) is 6.93. The van der Waals surface area contributed by atoms with Gasteiger partial charge >= 0.3 is 0 Å². The van der Waals surface area contributed by atoms with E-state index >= 15 is 0 Å². The van der Waals surface area contributed by atoms with Crippen molar-refractivity contribution < 1.29 is 4.39 Å². The number of benzene rings is 1.